The summed E-state index contributed by atoms with van der Waals surface area (Å²) >= 11 is 0. The van der Waals surface area contributed by atoms with E-state index in [9.17, 15) is 9.59 Å². The molecular weight excluding hydrogens is 234 g/mol. The maximum Gasteiger partial charge on any atom is 0.316 e. The third-order valence-electron chi connectivity index (χ3n) is 3.58. The quantitative estimate of drug-likeness (QED) is 0.620. The lowest BCUT2D eigenvalue weighted by Crippen LogP contribution is -2.50. The molecule has 0 aliphatic heterocycles. The monoisotopic (exact) mass is 249 g/mol. The van der Waals surface area contributed by atoms with Gasteiger partial charge in [0.15, 0.2) is 0 Å². The molecule has 2 rings (SSSR count). The van der Waals surface area contributed by atoms with Gasteiger partial charge in [-0.2, -0.15) is 0 Å². The van der Waals surface area contributed by atoms with Crippen LogP contribution in [-0.2, 0) is 19.7 Å². The summed E-state index contributed by atoms with van der Waals surface area (Å²) in [5, 5.41) is 8.94. The van der Waals surface area contributed by atoms with Crippen molar-refractivity contribution in [1.82, 2.24) is 0 Å². The highest BCUT2D eigenvalue weighted by molar-refractivity contribution is 5.88. The fourth-order valence-electron chi connectivity index (χ4n) is 2.47. The van der Waals surface area contributed by atoms with Crippen LogP contribution in [0.4, 0.5) is 5.69 Å². The summed E-state index contributed by atoms with van der Waals surface area (Å²) in [6, 6.07) is 6.91. The molecule has 0 heterocycles. The molecule has 0 saturated heterocycles. The average molecular weight is 249 g/mol. The number of carboxylic acid groups (broad SMARTS) is 1. The summed E-state index contributed by atoms with van der Waals surface area (Å²) in [6.45, 7) is 0. The number of benzene rings is 1. The molecule has 0 amide bonds. The zero-order chi connectivity index (χ0) is 13.3. The fraction of sp³-hybridized carbons (Fsp3) is 0.385. The van der Waals surface area contributed by atoms with Crippen LogP contribution in [-0.4, -0.2) is 24.2 Å². The minimum Gasteiger partial charge on any atom is -0.481 e. The smallest absolute Gasteiger partial charge is 0.316 e. The van der Waals surface area contributed by atoms with Gasteiger partial charge in [0.1, 0.15) is 0 Å². The predicted octanol–water partition coefficient (Wildman–Crippen LogP) is 1.17. The lowest BCUT2D eigenvalue weighted by atomic mass is 9.58. The van der Waals surface area contributed by atoms with Gasteiger partial charge in [0.05, 0.1) is 18.4 Å². The number of esters is 1. The van der Waals surface area contributed by atoms with Gasteiger partial charge in [-0.05, 0) is 30.5 Å². The van der Waals surface area contributed by atoms with Crippen LogP contribution in [0.5, 0.6) is 0 Å². The molecule has 0 aromatic heterocycles. The highest BCUT2D eigenvalue weighted by Crippen LogP contribution is 2.48. The van der Waals surface area contributed by atoms with E-state index in [4.69, 9.17) is 15.6 Å². The number of nitrogens with two attached hydrogens (primary N) is 1. The van der Waals surface area contributed by atoms with Gasteiger partial charge < -0.3 is 15.6 Å². The highest BCUT2D eigenvalue weighted by Gasteiger charge is 2.54. The molecule has 1 aromatic carbocycles. The summed E-state index contributed by atoms with van der Waals surface area (Å²) < 4.78 is 4.81. The van der Waals surface area contributed by atoms with Crippen LogP contribution in [0.2, 0.25) is 0 Å². The number of carboxylic acids is 1. The zero-order valence-corrected chi connectivity index (χ0v) is 10.1. The number of hydrogen-bond donors (Lipinski definition) is 2. The topological polar surface area (TPSA) is 89.6 Å². The van der Waals surface area contributed by atoms with E-state index in [2.05, 4.69) is 0 Å². The number of anilines is 1. The zero-order valence-electron chi connectivity index (χ0n) is 10.1. The van der Waals surface area contributed by atoms with E-state index in [1.807, 2.05) is 0 Å². The van der Waals surface area contributed by atoms with Crippen LogP contribution in [0.15, 0.2) is 24.3 Å². The summed E-state index contributed by atoms with van der Waals surface area (Å²) in [5.74, 6) is -1.74. The van der Waals surface area contributed by atoms with Crippen LogP contribution in [0, 0.1) is 5.92 Å². The van der Waals surface area contributed by atoms with E-state index in [0.717, 1.165) is 5.56 Å². The van der Waals surface area contributed by atoms with Crippen LogP contribution >= 0.6 is 0 Å². The molecule has 1 fully saturated rings. The Hall–Kier alpha value is -2.04. The van der Waals surface area contributed by atoms with Gasteiger partial charge in [0.25, 0.3) is 0 Å². The van der Waals surface area contributed by atoms with Crippen molar-refractivity contribution in [3.63, 3.8) is 0 Å². The highest BCUT2D eigenvalue weighted by atomic mass is 16.5. The molecule has 0 bridgehead atoms. The van der Waals surface area contributed by atoms with E-state index < -0.39 is 17.3 Å². The third kappa shape index (κ3) is 1.81. The van der Waals surface area contributed by atoms with Crippen molar-refractivity contribution in [3.05, 3.63) is 29.8 Å². The van der Waals surface area contributed by atoms with Crippen molar-refractivity contribution >= 4 is 17.6 Å². The molecule has 1 aromatic rings. The van der Waals surface area contributed by atoms with Crippen molar-refractivity contribution in [2.75, 3.05) is 12.8 Å². The second kappa shape index (κ2) is 4.33. The van der Waals surface area contributed by atoms with Gasteiger partial charge in [-0.3, -0.25) is 9.59 Å². The van der Waals surface area contributed by atoms with E-state index in [-0.39, 0.29) is 18.8 Å². The Balaban J connectivity index is 2.31. The first-order valence-electron chi connectivity index (χ1n) is 5.67. The Bertz CT molecular complexity index is 474. The minimum absolute atomic E-state index is 0.277. The number of nitrogen functional groups attached to an aromatic ring is 1. The molecule has 18 heavy (non-hydrogen) atoms. The third-order valence-corrected chi connectivity index (χ3v) is 3.58. The fourth-order valence-corrected chi connectivity index (χ4v) is 2.47. The Morgan fingerprint density at radius 2 is 1.89 bits per heavy atom. The summed E-state index contributed by atoms with van der Waals surface area (Å²) in [7, 11) is 1.31. The van der Waals surface area contributed by atoms with Gasteiger partial charge in [0.2, 0.25) is 0 Å². The minimum atomic E-state index is -0.870. The number of rotatable bonds is 3. The molecule has 1 aliphatic carbocycles. The number of hydrogen-bond acceptors (Lipinski definition) is 4. The van der Waals surface area contributed by atoms with Crippen molar-refractivity contribution in [2.24, 2.45) is 5.92 Å². The Labute approximate surface area is 105 Å². The van der Waals surface area contributed by atoms with Gasteiger partial charge >= 0.3 is 11.9 Å². The number of carbonyl (C=O) groups excluding carboxylic acids is 1. The Morgan fingerprint density at radius 1 is 1.33 bits per heavy atom. The average Bonchev–Trinajstić information content (AvgIpc) is 2.29. The lowest BCUT2D eigenvalue weighted by molar-refractivity contribution is -0.160. The molecule has 3 N–H and O–H groups in total. The first-order chi connectivity index (χ1) is 8.49. The maximum absolute atomic E-state index is 11.9. The molecular formula is C13H15NO4. The maximum atomic E-state index is 11.9. The van der Waals surface area contributed by atoms with Crippen LogP contribution in [0.3, 0.4) is 0 Å². The number of methoxy groups -OCH3 is 1. The standard InChI is InChI=1S/C13H15NO4/c1-18-12(17)13(6-8(7-13)11(15)16)9-2-4-10(14)5-3-9/h2-5,8H,6-7,14H2,1H3,(H,15,16). The molecule has 0 radical (unpaired) electrons. The van der Waals surface area contributed by atoms with E-state index in [1.54, 1.807) is 24.3 Å². The van der Waals surface area contributed by atoms with Crippen molar-refractivity contribution in [1.29, 1.82) is 0 Å². The molecule has 0 spiro atoms. The molecule has 1 aliphatic rings. The normalized spacial score (nSPS) is 26.2. The molecule has 0 unspecified atom stereocenters. The number of ether oxygens (including phenoxy) is 1. The molecule has 1 saturated carbocycles. The van der Waals surface area contributed by atoms with Gasteiger partial charge in [-0.25, -0.2) is 0 Å². The van der Waals surface area contributed by atoms with Crippen LogP contribution in [0.25, 0.3) is 0 Å². The molecule has 5 nitrogen and oxygen atoms in total. The second-order valence-corrected chi connectivity index (χ2v) is 4.64. The summed E-state index contributed by atoms with van der Waals surface area (Å²) in [4.78, 5) is 22.8. The summed E-state index contributed by atoms with van der Waals surface area (Å²) in [5.41, 5.74) is 6.14. The van der Waals surface area contributed by atoms with Crippen molar-refractivity contribution < 1.29 is 19.4 Å². The molecule has 96 valence electrons. The van der Waals surface area contributed by atoms with Crippen molar-refractivity contribution in [2.45, 2.75) is 18.3 Å². The van der Waals surface area contributed by atoms with E-state index in [0.29, 0.717) is 5.69 Å². The molecule has 0 atom stereocenters. The van der Waals surface area contributed by atoms with Gasteiger partial charge in [0, 0.05) is 5.69 Å². The van der Waals surface area contributed by atoms with Crippen LogP contribution in [0.1, 0.15) is 18.4 Å². The summed E-state index contributed by atoms with van der Waals surface area (Å²) in [6.07, 6.45) is 0.553. The molecule has 5 heteroatoms. The lowest BCUT2D eigenvalue weighted by Gasteiger charge is -2.43. The SMILES string of the molecule is COC(=O)C1(c2ccc(N)cc2)CC(C(=O)O)C1. The van der Waals surface area contributed by atoms with Gasteiger partial charge in [-0.1, -0.05) is 12.1 Å². The predicted molar refractivity (Wildman–Crippen MR) is 64.9 cm³/mol. The Morgan fingerprint density at radius 3 is 2.33 bits per heavy atom. The number of carbonyl (C=O) groups is 2. The van der Waals surface area contributed by atoms with Crippen LogP contribution < -0.4 is 5.73 Å². The van der Waals surface area contributed by atoms with Gasteiger partial charge in [-0.15, -0.1) is 0 Å². The van der Waals surface area contributed by atoms with Crippen molar-refractivity contribution in [3.8, 4) is 0 Å². The number of aliphatic carboxylic acids is 1. The Kier molecular flexibility index (Phi) is 2.98. The largest absolute Gasteiger partial charge is 0.481 e. The first-order valence-corrected chi connectivity index (χ1v) is 5.67. The van der Waals surface area contributed by atoms with E-state index >= 15 is 0 Å². The second-order valence-electron chi connectivity index (χ2n) is 4.64. The first kappa shape index (κ1) is 12.4. The van der Waals surface area contributed by atoms with E-state index in [1.165, 1.54) is 7.11 Å².